The highest BCUT2D eigenvalue weighted by molar-refractivity contribution is 9.10. The Kier molecular flexibility index (Phi) is 7.93. The molecule has 0 bridgehead atoms. The summed E-state index contributed by atoms with van der Waals surface area (Å²) < 4.78 is 21.8. The predicted octanol–water partition coefficient (Wildman–Crippen LogP) is 6.25. The van der Waals surface area contributed by atoms with Gasteiger partial charge in [-0.15, -0.1) is 0 Å². The number of ether oxygens (including phenoxy) is 1. The molecular formula is C29H26BrFN4O3. The van der Waals surface area contributed by atoms with Gasteiger partial charge in [0.25, 0.3) is 11.5 Å². The Balaban J connectivity index is 1.42. The topological polar surface area (TPSA) is 85.6 Å². The average Bonchev–Trinajstić information content (AvgIpc) is 2.94. The fourth-order valence-corrected chi connectivity index (χ4v) is 4.99. The lowest BCUT2D eigenvalue weighted by molar-refractivity contribution is -0.118. The number of hydrogen-bond donors (Lipinski definition) is 1. The summed E-state index contributed by atoms with van der Waals surface area (Å²) in [6.07, 6.45) is 6.83. The molecular weight excluding hydrogens is 551 g/mol. The largest absolute Gasteiger partial charge is 0.483 e. The molecule has 0 unspecified atom stereocenters. The van der Waals surface area contributed by atoms with Crippen molar-refractivity contribution in [1.29, 1.82) is 0 Å². The van der Waals surface area contributed by atoms with Crippen LogP contribution in [0.3, 0.4) is 0 Å². The Hall–Kier alpha value is -3.85. The molecule has 0 spiro atoms. The van der Waals surface area contributed by atoms with Gasteiger partial charge in [0.05, 0.1) is 22.8 Å². The molecule has 3 aromatic carbocycles. The van der Waals surface area contributed by atoms with Crippen LogP contribution in [0.1, 0.15) is 49.4 Å². The number of nitrogens with zero attached hydrogens (tertiary/aromatic N) is 3. The lowest BCUT2D eigenvalue weighted by Gasteiger charge is -2.22. The van der Waals surface area contributed by atoms with Crippen molar-refractivity contribution in [3.05, 3.63) is 98.8 Å². The number of halogens is 2. The summed E-state index contributed by atoms with van der Waals surface area (Å²) in [5.74, 6) is 0.188. The van der Waals surface area contributed by atoms with Crippen LogP contribution < -0.4 is 15.6 Å². The summed E-state index contributed by atoms with van der Waals surface area (Å²) in [4.78, 5) is 30.7. The molecule has 1 N–H and O–H groups in total. The Morgan fingerprint density at radius 3 is 2.68 bits per heavy atom. The third-order valence-electron chi connectivity index (χ3n) is 6.54. The number of fused-ring (bicyclic) bond motifs is 1. The molecule has 0 saturated heterocycles. The summed E-state index contributed by atoms with van der Waals surface area (Å²) >= 11 is 3.44. The van der Waals surface area contributed by atoms with Crippen LogP contribution in [0.4, 0.5) is 10.1 Å². The van der Waals surface area contributed by atoms with E-state index in [4.69, 9.17) is 9.72 Å². The fraction of sp³-hybridized carbons (Fsp3) is 0.241. The number of benzene rings is 3. The number of amides is 1. The van der Waals surface area contributed by atoms with Gasteiger partial charge >= 0.3 is 0 Å². The molecule has 1 fully saturated rings. The summed E-state index contributed by atoms with van der Waals surface area (Å²) in [6.45, 7) is -0.321. The minimum absolute atomic E-state index is 0.0843. The van der Waals surface area contributed by atoms with Crippen LogP contribution in [0.2, 0.25) is 0 Å². The van der Waals surface area contributed by atoms with Crippen LogP contribution >= 0.6 is 15.9 Å². The molecule has 1 amide bonds. The predicted molar refractivity (Wildman–Crippen MR) is 149 cm³/mol. The van der Waals surface area contributed by atoms with Crippen molar-refractivity contribution in [3.63, 3.8) is 0 Å². The minimum atomic E-state index is -0.524. The van der Waals surface area contributed by atoms with Crippen LogP contribution in [0.15, 0.2) is 81.1 Å². The summed E-state index contributed by atoms with van der Waals surface area (Å²) in [5, 5.41) is 7.55. The van der Waals surface area contributed by atoms with Crippen LogP contribution in [0, 0.1) is 5.82 Å². The van der Waals surface area contributed by atoms with Crippen molar-refractivity contribution >= 4 is 44.6 Å². The average molecular weight is 577 g/mol. The number of rotatable bonds is 7. The smallest absolute Gasteiger partial charge is 0.282 e. The normalized spacial score (nSPS) is 14.2. The molecule has 9 heteroatoms. The summed E-state index contributed by atoms with van der Waals surface area (Å²) in [5.41, 5.74) is 1.08. The Labute approximate surface area is 227 Å². The van der Waals surface area contributed by atoms with E-state index in [1.54, 1.807) is 42.6 Å². The molecule has 1 saturated carbocycles. The molecule has 1 aromatic heterocycles. The first-order valence-electron chi connectivity index (χ1n) is 12.5. The van der Waals surface area contributed by atoms with Gasteiger partial charge in [0, 0.05) is 16.0 Å². The number of nitrogens with one attached hydrogen (secondary N) is 1. The van der Waals surface area contributed by atoms with Crippen LogP contribution in [0.25, 0.3) is 10.9 Å². The van der Waals surface area contributed by atoms with Crippen LogP contribution in [0.5, 0.6) is 5.75 Å². The van der Waals surface area contributed by atoms with Crippen molar-refractivity contribution in [1.82, 2.24) is 9.66 Å². The second-order valence-corrected chi connectivity index (χ2v) is 10.1. The molecule has 7 nitrogen and oxygen atoms in total. The Morgan fingerprint density at radius 2 is 1.87 bits per heavy atom. The lowest BCUT2D eigenvalue weighted by atomic mass is 9.88. The molecule has 38 heavy (non-hydrogen) atoms. The van der Waals surface area contributed by atoms with Crippen LogP contribution in [-0.2, 0) is 4.79 Å². The lowest BCUT2D eigenvalue weighted by Crippen LogP contribution is -2.25. The van der Waals surface area contributed by atoms with E-state index < -0.39 is 11.7 Å². The number of para-hydroxylation sites is 2. The zero-order valence-corrected chi connectivity index (χ0v) is 22.2. The highest BCUT2D eigenvalue weighted by Crippen LogP contribution is 2.32. The number of hydrogen-bond acceptors (Lipinski definition) is 5. The van der Waals surface area contributed by atoms with Gasteiger partial charge in [-0.25, -0.2) is 9.37 Å². The van der Waals surface area contributed by atoms with Crippen molar-refractivity contribution in [2.24, 2.45) is 5.10 Å². The maximum atomic E-state index is 13.8. The number of carbonyl (C=O) groups excluding carboxylic acids is 1. The quantitative estimate of drug-likeness (QED) is 0.264. The van der Waals surface area contributed by atoms with Gasteiger partial charge in [0.2, 0.25) is 0 Å². The minimum Gasteiger partial charge on any atom is -0.483 e. The Bertz CT molecular complexity index is 1560. The van der Waals surface area contributed by atoms with Crippen molar-refractivity contribution in [3.8, 4) is 5.75 Å². The summed E-state index contributed by atoms with van der Waals surface area (Å²) in [7, 11) is 0. The van der Waals surface area contributed by atoms with Gasteiger partial charge in [-0.2, -0.15) is 9.78 Å². The number of anilines is 1. The Morgan fingerprint density at radius 1 is 1.11 bits per heavy atom. The first-order valence-corrected chi connectivity index (χ1v) is 13.3. The van der Waals surface area contributed by atoms with Gasteiger partial charge in [0.15, 0.2) is 6.61 Å². The fourth-order valence-electron chi connectivity index (χ4n) is 4.63. The number of aromatic nitrogens is 2. The molecule has 0 radical (unpaired) electrons. The van der Waals surface area contributed by atoms with E-state index in [0.717, 1.165) is 30.2 Å². The zero-order valence-electron chi connectivity index (χ0n) is 20.6. The maximum absolute atomic E-state index is 13.8. The molecule has 0 atom stereocenters. The highest BCUT2D eigenvalue weighted by Gasteiger charge is 2.22. The number of carbonyl (C=O) groups is 1. The zero-order chi connectivity index (χ0) is 26.5. The molecule has 1 aliphatic carbocycles. The summed E-state index contributed by atoms with van der Waals surface area (Å²) in [6, 6.07) is 18.5. The van der Waals surface area contributed by atoms with Crippen molar-refractivity contribution in [2.75, 3.05) is 11.9 Å². The van der Waals surface area contributed by atoms with E-state index >= 15 is 0 Å². The second-order valence-electron chi connectivity index (χ2n) is 9.18. The highest BCUT2D eigenvalue weighted by atomic mass is 79.9. The molecule has 0 aliphatic heterocycles. The molecule has 1 heterocycles. The van der Waals surface area contributed by atoms with E-state index in [1.165, 1.54) is 23.2 Å². The van der Waals surface area contributed by atoms with Gasteiger partial charge < -0.3 is 10.1 Å². The van der Waals surface area contributed by atoms with E-state index in [-0.39, 0.29) is 23.8 Å². The third-order valence-corrected chi connectivity index (χ3v) is 7.03. The third kappa shape index (κ3) is 5.83. The van der Waals surface area contributed by atoms with Gasteiger partial charge in [-0.1, -0.05) is 59.5 Å². The first-order chi connectivity index (χ1) is 18.5. The van der Waals surface area contributed by atoms with Crippen LogP contribution in [-0.4, -0.2) is 28.4 Å². The molecule has 194 valence electrons. The van der Waals surface area contributed by atoms with E-state index in [2.05, 4.69) is 26.3 Å². The monoisotopic (exact) mass is 576 g/mol. The van der Waals surface area contributed by atoms with Gasteiger partial charge in [0.1, 0.15) is 17.4 Å². The molecule has 5 rings (SSSR count). The van der Waals surface area contributed by atoms with E-state index in [9.17, 15) is 14.0 Å². The molecule has 1 aliphatic rings. The first kappa shape index (κ1) is 25.8. The second kappa shape index (κ2) is 11.7. The standard InChI is InChI=1S/C29H26BrFN4O3/c30-21-14-15-24-22(16-21)29(37)35(28(34-24)19-8-2-1-3-9-19)32-17-20-10-4-7-13-26(20)38-18-27(36)33-25-12-6-5-11-23(25)31/h4-7,10-17,19H,1-3,8-9,18H2,(H,33,36). The van der Waals surface area contributed by atoms with E-state index in [0.29, 0.717) is 28.0 Å². The molecule has 4 aromatic rings. The van der Waals surface area contributed by atoms with E-state index in [1.807, 2.05) is 18.2 Å². The van der Waals surface area contributed by atoms with Crippen molar-refractivity contribution < 1.29 is 13.9 Å². The van der Waals surface area contributed by atoms with Gasteiger partial charge in [-0.3, -0.25) is 9.59 Å². The van der Waals surface area contributed by atoms with Gasteiger partial charge in [-0.05, 0) is 55.3 Å². The SMILES string of the molecule is O=C(COc1ccccc1C=Nn1c(C2CCCCC2)nc2ccc(Br)cc2c1=O)Nc1ccccc1F. The van der Waals surface area contributed by atoms with Crippen molar-refractivity contribution in [2.45, 2.75) is 38.0 Å². The maximum Gasteiger partial charge on any atom is 0.282 e.